The molecule has 0 bridgehead atoms. The minimum Gasteiger partial charge on any atom is -0.507 e. The zero-order chi connectivity index (χ0) is 16.1. The first-order valence-corrected chi connectivity index (χ1v) is 7.37. The second-order valence-corrected chi connectivity index (χ2v) is 5.05. The van der Waals surface area contributed by atoms with Crippen LogP contribution in [0.25, 0.3) is 0 Å². The van der Waals surface area contributed by atoms with Crippen molar-refractivity contribution in [3.63, 3.8) is 0 Å². The lowest BCUT2D eigenvalue weighted by Crippen LogP contribution is -2.22. The minimum atomic E-state index is -0.352. The summed E-state index contributed by atoms with van der Waals surface area (Å²) in [5.41, 5.74) is 1.75. The Morgan fingerprint density at radius 3 is 2.50 bits per heavy atom. The van der Waals surface area contributed by atoms with Crippen molar-refractivity contribution in [3.8, 4) is 5.75 Å². The Kier molecular flexibility index (Phi) is 4.99. The number of anilines is 2. The quantitative estimate of drug-likeness (QED) is 0.890. The summed E-state index contributed by atoms with van der Waals surface area (Å²) in [6.07, 6.45) is 1.62. The number of aromatic nitrogens is 1. The van der Waals surface area contributed by atoms with Crippen molar-refractivity contribution in [1.29, 1.82) is 0 Å². The average molecular weight is 299 g/mol. The molecule has 22 heavy (non-hydrogen) atoms. The number of amides is 1. The van der Waals surface area contributed by atoms with E-state index < -0.39 is 0 Å². The number of carbonyl (C=O) groups is 1. The second kappa shape index (κ2) is 6.93. The van der Waals surface area contributed by atoms with Gasteiger partial charge in [0.2, 0.25) is 0 Å². The molecule has 0 spiro atoms. The van der Waals surface area contributed by atoms with Gasteiger partial charge < -0.3 is 15.3 Å². The van der Waals surface area contributed by atoms with Gasteiger partial charge in [-0.25, -0.2) is 4.98 Å². The van der Waals surface area contributed by atoms with Gasteiger partial charge in [0, 0.05) is 13.1 Å². The molecule has 0 saturated heterocycles. The first kappa shape index (κ1) is 15.8. The molecular formula is C17H21N3O2. The number of rotatable bonds is 5. The van der Waals surface area contributed by atoms with Crippen molar-refractivity contribution in [2.75, 3.05) is 23.3 Å². The van der Waals surface area contributed by atoms with E-state index in [1.54, 1.807) is 24.4 Å². The molecule has 2 N–H and O–H groups in total. The minimum absolute atomic E-state index is 0.0229. The summed E-state index contributed by atoms with van der Waals surface area (Å²) in [4.78, 5) is 18.6. The summed E-state index contributed by atoms with van der Waals surface area (Å²) in [5.74, 6) is 0.501. The Hall–Kier alpha value is -2.56. The Bertz CT molecular complexity index is 649. The molecule has 0 unspecified atom stereocenters. The molecule has 1 heterocycles. The molecule has 0 radical (unpaired) electrons. The number of hydrogen-bond donors (Lipinski definition) is 2. The van der Waals surface area contributed by atoms with Crippen molar-refractivity contribution >= 4 is 17.4 Å². The van der Waals surface area contributed by atoms with Crippen molar-refractivity contribution in [3.05, 3.63) is 47.7 Å². The number of nitrogens with zero attached hydrogens (tertiary/aromatic N) is 2. The van der Waals surface area contributed by atoms with Crippen LogP contribution in [-0.4, -0.2) is 29.1 Å². The fourth-order valence-corrected chi connectivity index (χ4v) is 2.23. The van der Waals surface area contributed by atoms with Crippen LogP contribution in [0.2, 0.25) is 0 Å². The maximum absolute atomic E-state index is 12.2. The smallest absolute Gasteiger partial charge is 0.259 e. The van der Waals surface area contributed by atoms with Gasteiger partial charge in [0.15, 0.2) is 0 Å². The van der Waals surface area contributed by atoms with E-state index in [0.717, 1.165) is 24.5 Å². The highest BCUT2D eigenvalue weighted by Gasteiger charge is 2.12. The number of hydrogen-bond acceptors (Lipinski definition) is 4. The van der Waals surface area contributed by atoms with Gasteiger partial charge in [0.1, 0.15) is 11.6 Å². The normalized spacial score (nSPS) is 10.3. The fraction of sp³-hybridized carbons (Fsp3) is 0.294. The predicted molar refractivity (Wildman–Crippen MR) is 88.6 cm³/mol. The number of aromatic hydroxyl groups is 1. The summed E-state index contributed by atoms with van der Waals surface area (Å²) >= 11 is 0. The fourth-order valence-electron chi connectivity index (χ4n) is 2.23. The first-order valence-electron chi connectivity index (χ1n) is 7.37. The largest absolute Gasteiger partial charge is 0.507 e. The lowest BCUT2D eigenvalue weighted by atomic mass is 10.1. The highest BCUT2D eigenvalue weighted by atomic mass is 16.3. The number of aryl methyl sites for hydroxylation is 1. The maximum atomic E-state index is 12.2. The Morgan fingerprint density at radius 2 is 1.95 bits per heavy atom. The number of phenolic OH excluding ortho intramolecular Hbond substituents is 1. The molecule has 5 heteroatoms. The van der Waals surface area contributed by atoms with Crippen LogP contribution in [0.1, 0.15) is 29.8 Å². The highest BCUT2D eigenvalue weighted by Crippen LogP contribution is 2.20. The van der Waals surface area contributed by atoms with Crippen LogP contribution in [-0.2, 0) is 0 Å². The molecule has 0 atom stereocenters. The molecule has 0 aliphatic carbocycles. The van der Waals surface area contributed by atoms with E-state index in [0.29, 0.717) is 5.69 Å². The van der Waals surface area contributed by atoms with Crippen LogP contribution < -0.4 is 10.2 Å². The van der Waals surface area contributed by atoms with E-state index in [1.807, 2.05) is 19.1 Å². The van der Waals surface area contributed by atoms with Gasteiger partial charge in [-0.1, -0.05) is 6.07 Å². The molecule has 0 fully saturated rings. The first-order chi connectivity index (χ1) is 10.5. The van der Waals surface area contributed by atoms with Crippen molar-refractivity contribution in [2.24, 2.45) is 0 Å². The standard InChI is InChI=1S/C17H21N3O2/c1-4-20(5-2)16-9-7-13(11-18-16)19-17(22)14-8-6-12(3)10-15(14)21/h6-11,21H,4-5H2,1-3H3,(H,19,22). The van der Waals surface area contributed by atoms with Gasteiger partial charge in [-0.3, -0.25) is 4.79 Å². The Labute approximate surface area is 130 Å². The summed E-state index contributed by atoms with van der Waals surface area (Å²) in [6, 6.07) is 8.64. The van der Waals surface area contributed by atoms with Crippen LogP contribution in [0.3, 0.4) is 0 Å². The lowest BCUT2D eigenvalue weighted by Gasteiger charge is -2.19. The van der Waals surface area contributed by atoms with E-state index in [1.165, 1.54) is 0 Å². The van der Waals surface area contributed by atoms with Crippen molar-refractivity contribution < 1.29 is 9.90 Å². The maximum Gasteiger partial charge on any atom is 0.259 e. The van der Waals surface area contributed by atoms with Gasteiger partial charge in [0.25, 0.3) is 5.91 Å². The van der Waals surface area contributed by atoms with Crippen LogP contribution >= 0.6 is 0 Å². The van der Waals surface area contributed by atoms with Gasteiger partial charge in [-0.05, 0) is 50.6 Å². The highest BCUT2D eigenvalue weighted by molar-refractivity contribution is 6.06. The molecule has 0 aliphatic heterocycles. The SMILES string of the molecule is CCN(CC)c1ccc(NC(=O)c2ccc(C)cc2O)cn1. The van der Waals surface area contributed by atoms with Gasteiger partial charge in [-0.2, -0.15) is 0 Å². The average Bonchev–Trinajstić information content (AvgIpc) is 2.50. The number of carbonyl (C=O) groups excluding carboxylic acids is 1. The van der Waals surface area contributed by atoms with E-state index in [-0.39, 0.29) is 17.2 Å². The number of phenols is 1. The molecule has 1 aromatic heterocycles. The molecule has 0 aliphatic rings. The van der Waals surface area contributed by atoms with Gasteiger partial charge in [0.05, 0.1) is 17.4 Å². The van der Waals surface area contributed by atoms with E-state index >= 15 is 0 Å². The third-order valence-electron chi connectivity index (χ3n) is 3.49. The molecule has 2 aromatic rings. The van der Waals surface area contributed by atoms with Gasteiger partial charge >= 0.3 is 0 Å². The molecule has 5 nitrogen and oxygen atoms in total. The third kappa shape index (κ3) is 3.55. The molecule has 2 rings (SSSR count). The topological polar surface area (TPSA) is 65.5 Å². The van der Waals surface area contributed by atoms with Crippen LogP contribution in [0.15, 0.2) is 36.5 Å². The lowest BCUT2D eigenvalue weighted by molar-refractivity contribution is 0.102. The summed E-state index contributed by atoms with van der Waals surface area (Å²) in [5, 5.41) is 12.6. The summed E-state index contributed by atoms with van der Waals surface area (Å²) < 4.78 is 0. The monoisotopic (exact) mass is 299 g/mol. The third-order valence-corrected chi connectivity index (χ3v) is 3.49. The predicted octanol–water partition coefficient (Wildman–Crippen LogP) is 3.19. The Balaban J connectivity index is 2.12. The molecule has 1 amide bonds. The molecule has 0 saturated carbocycles. The van der Waals surface area contributed by atoms with Crippen molar-refractivity contribution in [2.45, 2.75) is 20.8 Å². The zero-order valence-corrected chi connectivity index (χ0v) is 13.1. The summed E-state index contributed by atoms with van der Waals surface area (Å²) in [7, 11) is 0. The van der Waals surface area contributed by atoms with Crippen LogP contribution in [0, 0.1) is 6.92 Å². The number of benzene rings is 1. The molecule has 1 aromatic carbocycles. The van der Waals surface area contributed by atoms with E-state index in [4.69, 9.17) is 0 Å². The number of pyridine rings is 1. The molecular weight excluding hydrogens is 278 g/mol. The Morgan fingerprint density at radius 1 is 1.23 bits per heavy atom. The van der Waals surface area contributed by atoms with E-state index in [2.05, 4.69) is 29.0 Å². The van der Waals surface area contributed by atoms with Gasteiger partial charge in [-0.15, -0.1) is 0 Å². The molecule has 116 valence electrons. The van der Waals surface area contributed by atoms with E-state index in [9.17, 15) is 9.90 Å². The summed E-state index contributed by atoms with van der Waals surface area (Å²) in [6.45, 7) is 7.76. The van der Waals surface area contributed by atoms with Crippen molar-refractivity contribution in [1.82, 2.24) is 4.98 Å². The zero-order valence-electron chi connectivity index (χ0n) is 13.1. The number of nitrogens with one attached hydrogen (secondary N) is 1. The second-order valence-electron chi connectivity index (χ2n) is 5.05. The van der Waals surface area contributed by atoms with Crippen LogP contribution in [0.4, 0.5) is 11.5 Å². The van der Waals surface area contributed by atoms with Crippen LogP contribution in [0.5, 0.6) is 5.75 Å².